The molecule has 15 aromatic rings. The number of hydrogen-bond acceptors (Lipinski definition) is 10. The molecule has 15 nitrogen and oxygen atoms in total. The van der Waals surface area contributed by atoms with Crippen molar-refractivity contribution in [2.45, 2.75) is 81.2 Å². The number of anilines is 3. The number of carbonyl (C=O) groups is 2. The molecule has 0 aliphatic heterocycles. The number of aromatic amines is 2. The summed E-state index contributed by atoms with van der Waals surface area (Å²) in [5.74, 6) is 3.78. The molecule has 29 heteroatoms. The largest absolute Gasteiger partial charge is 0.488 e. The number of aromatic carboxylic acids is 2. The van der Waals surface area contributed by atoms with E-state index in [1.54, 1.807) is 103 Å². The molecule has 11 N–H and O–H groups in total. The molecule has 2 aliphatic carbocycles. The van der Waals surface area contributed by atoms with Crippen molar-refractivity contribution in [2.24, 2.45) is 5.73 Å². The van der Waals surface area contributed by atoms with E-state index in [4.69, 9.17) is 103 Å². The monoisotopic (exact) mass is 2320 g/mol. The summed E-state index contributed by atoms with van der Waals surface area (Å²) in [5, 5.41) is 45.3. The Kier molecular flexibility index (Phi) is 40.4. The van der Waals surface area contributed by atoms with E-state index in [1.807, 2.05) is 197 Å². The van der Waals surface area contributed by atoms with Crippen LogP contribution in [0, 0.1) is 58.4 Å². The quantitative estimate of drug-likeness (QED) is 0.0172. The van der Waals surface area contributed by atoms with Crippen molar-refractivity contribution >= 4 is 287 Å². The summed E-state index contributed by atoms with van der Waals surface area (Å²) in [7, 11) is -2.41. The van der Waals surface area contributed by atoms with Crippen LogP contribution in [0.1, 0.15) is 48.5 Å². The SMILES string of the molecule is C#CCn1c2cc(C)ccc2c(=O)c2ccc(Cl)c(-c3ccccc3)c21.C[Si](C)(C)C#CCBr.Cc1ccc(C(=O)O)c(N)c1.Cc1ccc(C(=O)O)c(Nc2cccc(Cl)c2Br)c1.Cc1ccc2c(=O)c3ccc(Cl)c(-c4ccccc4)c3[nH]c2c1.Cc1ccc2c(=O)c3ccc(Cl)c(Br)c3[nH]c2c1.ClC1C=CC=C(I)C1Br.NC1=CC=CC(Cl)C1Br.OB(O)c1ccccc1. The Morgan fingerprint density at radius 3 is 1.46 bits per heavy atom. The van der Waals surface area contributed by atoms with Crippen LogP contribution in [0.3, 0.4) is 0 Å². The van der Waals surface area contributed by atoms with Gasteiger partial charge in [-0.1, -0.05) is 283 Å². The molecule has 0 radical (unpaired) electrons. The maximum Gasteiger partial charge on any atom is 0.488 e. The van der Waals surface area contributed by atoms with E-state index in [-0.39, 0.29) is 43.0 Å². The molecular weight excluding hydrogens is 2240 g/mol. The van der Waals surface area contributed by atoms with Gasteiger partial charge in [-0.15, -0.1) is 35.2 Å². The number of hydrogen-bond donors (Lipinski definition) is 9. The molecule has 12 aromatic carbocycles. The van der Waals surface area contributed by atoms with Crippen LogP contribution >= 0.6 is 172 Å². The maximum absolute atomic E-state index is 13.1. The molecule has 0 spiro atoms. The minimum atomic E-state index is -1.34. The first-order valence-corrected chi connectivity index (χ1v) is 52.0. The van der Waals surface area contributed by atoms with Gasteiger partial charge in [0.05, 0.1) is 117 Å². The first-order chi connectivity index (χ1) is 62.7. The number of benzene rings is 12. The predicted octanol–water partition coefficient (Wildman–Crippen LogP) is 27.9. The topological polar surface area (TPSA) is 267 Å². The second-order valence-electron chi connectivity index (χ2n) is 31.0. The number of nitrogen functional groups attached to an aromatic ring is 1. The molecular formula is C103H89BBr5Cl6IN6O9Si. The molecule has 0 saturated heterocycles. The van der Waals surface area contributed by atoms with Crippen LogP contribution in [-0.2, 0) is 6.54 Å². The lowest BCUT2D eigenvalue weighted by Gasteiger charge is -2.18. The Balaban J connectivity index is 0.000000172. The van der Waals surface area contributed by atoms with E-state index in [9.17, 15) is 29.1 Å². The highest BCUT2D eigenvalue weighted by Gasteiger charge is 2.23. The zero-order valence-corrected chi connectivity index (χ0v) is 87.9. The van der Waals surface area contributed by atoms with E-state index in [1.165, 1.54) is 9.65 Å². The van der Waals surface area contributed by atoms with Gasteiger partial charge in [0, 0.05) is 58.4 Å². The number of aromatic nitrogens is 3. The number of allylic oxidation sites excluding steroid dienone is 8. The average Bonchev–Trinajstić information content (AvgIpc) is 0.735. The number of alkyl halides is 5. The van der Waals surface area contributed by atoms with Gasteiger partial charge in [0.1, 0.15) is 8.07 Å². The molecule has 17 rings (SSSR count). The number of halogens is 12. The highest BCUT2D eigenvalue weighted by molar-refractivity contribution is 14.1. The second kappa shape index (κ2) is 50.2. The Bertz CT molecular complexity index is 7160. The second-order valence-corrected chi connectivity index (χ2v) is 43.7. The Morgan fingerprint density at radius 1 is 0.523 bits per heavy atom. The number of carboxylic acids is 2. The Labute approximate surface area is 852 Å². The lowest BCUT2D eigenvalue weighted by atomic mass is 9.81. The van der Waals surface area contributed by atoms with Crippen molar-refractivity contribution in [1.82, 2.24) is 14.5 Å². The molecule has 2 aliphatic rings. The molecule has 0 bridgehead atoms. The number of pyridine rings is 3. The van der Waals surface area contributed by atoms with Crippen LogP contribution in [0.4, 0.5) is 17.1 Å². The van der Waals surface area contributed by atoms with Crippen LogP contribution < -0.4 is 38.5 Å². The van der Waals surface area contributed by atoms with Gasteiger partial charge < -0.3 is 51.6 Å². The fourth-order valence-electron chi connectivity index (χ4n) is 13.3. The number of nitrogens with one attached hydrogen (secondary N) is 3. The highest BCUT2D eigenvalue weighted by atomic mass is 127. The summed E-state index contributed by atoms with van der Waals surface area (Å²) in [5.41, 5.74) is 31.2. The number of fused-ring (bicyclic) bond motifs is 6. The molecule has 0 amide bonds. The molecule has 3 heterocycles. The maximum atomic E-state index is 13.1. The van der Waals surface area contributed by atoms with Crippen molar-refractivity contribution in [3.63, 3.8) is 0 Å². The molecule has 132 heavy (non-hydrogen) atoms. The fraction of sp³-hybridized carbons (Fsp3) is 0.136. The molecule has 0 fully saturated rings. The number of aryl methyl sites for hydroxylation is 5. The van der Waals surface area contributed by atoms with Gasteiger partial charge in [-0.05, 0) is 249 Å². The predicted molar refractivity (Wildman–Crippen MR) is 588 cm³/mol. The lowest BCUT2D eigenvalue weighted by Crippen LogP contribution is -2.29. The van der Waals surface area contributed by atoms with Gasteiger partial charge in [-0.2, -0.15) is 0 Å². The van der Waals surface area contributed by atoms with E-state index < -0.39 is 27.1 Å². The summed E-state index contributed by atoms with van der Waals surface area (Å²) < 4.78 is 4.71. The normalized spacial score (nSPS) is 13.8. The van der Waals surface area contributed by atoms with E-state index >= 15 is 0 Å². The van der Waals surface area contributed by atoms with Gasteiger partial charge in [0.15, 0.2) is 16.3 Å². The Hall–Kier alpha value is -9.46. The van der Waals surface area contributed by atoms with Gasteiger partial charge in [0.25, 0.3) is 0 Å². The zero-order valence-electron chi connectivity index (χ0n) is 72.3. The van der Waals surface area contributed by atoms with Crippen molar-refractivity contribution in [2.75, 3.05) is 16.4 Å². The first-order valence-electron chi connectivity index (χ1n) is 40.5. The lowest BCUT2D eigenvalue weighted by molar-refractivity contribution is 0.0687. The van der Waals surface area contributed by atoms with Crippen LogP contribution in [0.5, 0.6) is 0 Å². The van der Waals surface area contributed by atoms with Gasteiger partial charge in [0.2, 0.25) is 0 Å². The van der Waals surface area contributed by atoms with E-state index in [2.05, 4.69) is 161 Å². The van der Waals surface area contributed by atoms with Crippen LogP contribution in [0.25, 0.3) is 87.7 Å². The minimum absolute atomic E-state index is 0.00267. The Morgan fingerprint density at radius 2 is 0.970 bits per heavy atom. The van der Waals surface area contributed by atoms with Gasteiger partial charge in [-0.3, -0.25) is 14.4 Å². The summed E-state index contributed by atoms with van der Waals surface area (Å²) in [4.78, 5) is 67.1. The first kappa shape index (κ1) is 106. The standard InChI is InChI=1S/C23H16ClNO.C20H14ClNO.C14H11BrClNO2.C14H9BrClNO.C8H9NO2.C6H7BO2.C6H5BrClI.C6H7BrClN.C6H11BrSi/c1-3-13-25-20-14-15(2)9-10-17(20)23(26)18-11-12-19(24)21(22(18)25)16-7-5-4-6-8-16;1-12-7-8-14-17(11-12)22-19-15(20(14)23)9-10-16(21)18(19)13-5-3-2-4-6-13;1-8-5-6-9(14(18)19)12(7-8)17-11-4-2-3-10(16)13(11)15;1-7-2-3-8-11(6-7)17-13-9(14(8)18)4-5-10(16)12(13)15;1-5-2-3-6(8(10)11)7(9)4-5;8-7(9)6-4-2-1-3-5-6;2*7-6-4(8)2-1-3-5(6)9;1-8(2,3)6-4-5-7/h1,4-12,14H,13H2,2H3;2-11H,1H3,(H,22,23);2-7,17H,1H3,(H,18,19);2-6H,1H3,(H,17,18);2-4H,9H2,1H3,(H,10,11);1-5,8-9H;1-4,6H;1-4,6H,9H2;5H2,1-3H3. The number of H-pyrrole nitrogens is 2. The number of nitrogens with zero attached hydrogens (tertiary/aromatic N) is 1. The van der Waals surface area contributed by atoms with Crippen LogP contribution in [0.2, 0.25) is 39.7 Å². The van der Waals surface area contributed by atoms with Gasteiger partial charge in [-0.25, -0.2) is 9.59 Å². The number of nitrogens with two attached hydrogens (primary N) is 2. The molecule has 676 valence electrons. The zero-order chi connectivity index (χ0) is 96.5. The van der Waals surface area contributed by atoms with Crippen molar-refractivity contribution in [3.05, 3.63) is 381 Å². The van der Waals surface area contributed by atoms with Crippen molar-refractivity contribution in [1.29, 1.82) is 0 Å². The molecule has 3 aromatic heterocycles. The minimum Gasteiger partial charge on any atom is -0.478 e. The summed E-state index contributed by atoms with van der Waals surface area (Å²) in [6.07, 6.45) is 17.3. The molecule has 0 saturated carbocycles. The third-order valence-corrected chi connectivity index (χ3v) is 29.8. The average molecular weight is 2330 g/mol. The van der Waals surface area contributed by atoms with Crippen molar-refractivity contribution < 1.29 is 29.9 Å². The molecule has 4 unspecified atom stereocenters. The number of terminal acetylenes is 1. The van der Waals surface area contributed by atoms with E-state index in [0.717, 1.165) is 104 Å². The summed E-state index contributed by atoms with van der Waals surface area (Å²) in [6, 6.07) is 71.8. The summed E-state index contributed by atoms with van der Waals surface area (Å²) in [6.45, 7) is 16.9. The third-order valence-electron chi connectivity index (χ3n) is 19.8. The third kappa shape index (κ3) is 28.8. The smallest absolute Gasteiger partial charge is 0.478 e. The number of carboxylic acid groups (broad SMARTS) is 2. The molecule has 4 atom stereocenters. The number of rotatable bonds is 8. The highest BCUT2D eigenvalue weighted by Crippen LogP contribution is 2.39. The fourth-order valence-corrected chi connectivity index (χ4v) is 17.9. The van der Waals surface area contributed by atoms with Crippen molar-refractivity contribution in [3.8, 4) is 46.1 Å². The van der Waals surface area contributed by atoms with E-state index in [0.29, 0.717) is 85.1 Å². The summed E-state index contributed by atoms with van der Waals surface area (Å²) >= 11 is 55.9. The van der Waals surface area contributed by atoms with Gasteiger partial charge >= 0.3 is 19.1 Å². The van der Waals surface area contributed by atoms with Crippen LogP contribution in [0.15, 0.2) is 306 Å². The van der Waals surface area contributed by atoms with Crippen LogP contribution in [-0.4, -0.2) is 87.7 Å².